The molecule has 4 unspecified atom stereocenters. The van der Waals surface area contributed by atoms with Gasteiger partial charge in [0.15, 0.2) is 0 Å². The number of fused-ring (bicyclic) bond motifs is 5. The summed E-state index contributed by atoms with van der Waals surface area (Å²) in [7, 11) is 0. The van der Waals surface area contributed by atoms with E-state index in [1.807, 2.05) is 0 Å². The molecule has 4 aliphatic carbocycles. The summed E-state index contributed by atoms with van der Waals surface area (Å²) in [6.07, 6.45) is 23.5. The van der Waals surface area contributed by atoms with Crippen molar-refractivity contribution < 1.29 is 45.2 Å². The maximum absolute atomic E-state index is 13.1. The Hall–Kier alpha value is -0.712. The first-order chi connectivity index (χ1) is 23.7. The molecular formula is C44H76NO5W-. The van der Waals surface area contributed by atoms with E-state index in [2.05, 4.69) is 46.1 Å². The van der Waals surface area contributed by atoms with Crippen LogP contribution in [-0.2, 0) is 40.1 Å². The van der Waals surface area contributed by atoms with E-state index >= 15 is 0 Å². The summed E-state index contributed by atoms with van der Waals surface area (Å²) < 4.78 is 12.0. The van der Waals surface area contributed by atoms with Crippen molar-refractivity contribution in [3.8, 4) is 0 Å². The van der Waals surface area contributed by atoms with Gasteiger partial charge in [0, 0.05) is 58.0 Å². The Morgan fingerprint density at radius 2 is 1.39 bits per heavy atom. The minimum Gasteiger partial charge on any atom is -0.465 e. The molecule has 6 aliphatic rings. The van der Waals surface area contributed by atoms with Gasteiger partial charge in [0.05, 0.1) is 18.6 Å². The molecule has 6 rings (SSSR count). The number of aliphatic hydroxyl groups is 1. The van der Waals surface area contributed by atoms with Gasteiger partial charge in [-0.25, -0.2) is 0 Å². The molecule has 2 aliphatic heterocycles. The maximum Gasteiger partial charge on any atom is 0.312 e. The van der Waals surface area contributed by atoms with E-state index in [-0.39, 0.29) is 54.7 Å². The fourth-order valence-corrected chi connectivity index (χ4v) is 11.1. The molecule has 0 amide bonds. The summed E-state index contributed by atoms with van der Waals surface area (Å²) in [5.74, 6) is 1.41. The monoisotopic (exact) mass is 883 g/mol. The maximum atomic E-state index is 13.1. The van der Waals surface area contributed by atoms with Gasteiger partial charge in [-0.05, 0) is 94.4 Å². The SMILES string of the molecule is C=C1CC(CCC)(C(=O)OCC2(C)CN3CC([CH2-])(CC(C)(COC(=O)CC(CCCCC)CCCCC)C3)C2)C1.OCC12CCC(CC1)CC2.[W]. The molecule has 0 aromatic rings. The third-order valence-electron chi connectivity index (χ3n) is 13.3. The summed E-state index contributed by atoms with van der Waals surface area (Å²) in [5.41, 5.74) is 0.845. The molecule has 0 radical (unpaired) electrons. The van der Waals surface area contributed by atoms with Crippen LogP contribution in [0.1, 0.15) is 169 Å². The minimum atomic E-state index is -0.345. The quantitative estimate of drug-likeness (QED) is 0.0640. The van der Waals surface area contributed by atoms with Crippen molar-refractivity contribution in [2.75, 3.05) is 39.5 Å². The zero-order valence-corrected chi connectivity index (χ0v) is 36.5. The Balaban J connectivity index is 0.000000541. The van der Waals surface area contributed by atoms with E-state index in [0.717, 1.165) is 82.5 Å². The standard InChI is InChI=1S/C35H60NO4.C9H16O.W/c1-8-11-13-15-29(16-14-12-9-2)18-30(37)39-26-33(6)21-32(5)22-34(7,25-36(23-32)24-33)27-40-31(38)35(17-10-3)19-28(4)20-35;10-7-9-4-1-8(2-5-9)3-6-9;/h29H,4-5,8-27H2,1-3,6-7H3;8,10H,1-7H2;/q-1;;. The van der Waals surface area contributed by atoms with Gasteiger partial charge >= 0.3 is 11.9 Å². The first-order valence-corrected chi connectivity index (χ1v) is 20.9. The number of rotatable bonds is 18. The summed E-state index contributed by atoms with van der Waals surface area (Å²) in [5, 5.41) is 9.17. The summed E-state index contributed by atoms with van der Waals surface area (Å²) in [6.45, 7) is 23.9. The topological polar surface area (TPSA) is 76.1 Å². The number of hydrogen-bond acceptors (Lipinski definition) is 6. The van der Waals surface area contributed by atoms with Crippen LogP contribution < -0.4 is 0 Å². The van der Waals surface area contributed by atoms with Gasteiger partial charge in [-0.3, -0.25) is 9.59 Å². The van der Waals surface area contributed by atoms with E-state index in [4.69, 9.17) is 21.5 Å². The van der Waals surface area contributed by atoms with Crippen LogP contribution >= 0.6 is 0 Å². The van der Waals surface area contributed by atoms with Crippen molar-refractivity contribution in [2.45, 2.75) is 169 Å². The molecule has 2 saturated heterocycles. The molecule has 51 heavy (non-hydrogen) atoms. The molecule has 0 aromatic carbocycles. The van der Waals surface area contributed by atoms with Gasteiger partial charge in [-0.1, -0.05) is 105 Å². The second kappa shape index (κ2) is 19.7. The van der Waals surface area contributed by atoms with Crippen LogP contribution in [0.25, 0.3) is 0 Å². The fraction of sp³-hybridized carbons (Fsp3) is 0.886. The molecule has 4 bridgehead atoms. The number of aliphatic hydroxyl groups excluding tert-OH is 1. The average Bonchev–Trinajstić information content (AvgIpc) is 3.06. The van der Waals surface area contributed by atoms with Gasteiger partial charge in [-0.15, -0.1) is 5.41 Å². The molecule has 6 fully saturated rings. The van der Waals surface area contributed by atoms with Crippen molar-refractivity contribution in [2.24, 2.45) is 38.9 Å². The van der Waals surface area contributed by atoms with Gasteiger partial charge in [0.25, 0.3) is 0 Å². The number of carbonyl (C=O) groups is 2. The van der Waals surface area contributed by atoms with Crippen molar-refractivity contribution in [1.82, 2.24) is 4.90 Å². The van der Waals surface area contributed by atoms with Crippen LogP contribution in [0.4, 0.5) is 0 Å². The van der Waals surface area contributed by atoms with Crippen molar-refractivity contribution in [1.29, 1.82) is 0 Å². The molecule has 7 heteroatoms. The van der Waals surface area contributed by atoms with Crippen molar-refractivity contribution in [3.63, 3.8) is 0 Å². The van der Waals surface area contributed by atoms with Gasteiger partial charge in [-0.2, -0.15) is 0 Å². The van der Waals surface area contributed by atoms with Crippen LogP contribution in [0.3, 0.4) is 0 Å². The molecule has 4 atom stereocenters. The van der Waals surface area contributed by atoms with Gasteiger partial charge in [0.2, 0.25) is 0 Å². The fourth-order valence-electron chi connectivity index (χ4n) is 11.1. The summed E-state index contributed by atoms with van der Waals surface area (Å²) >= 11 is 0. The molecule has 1 N–H and O–H groups in total. The van der Waals surface area contributed by atoms with Crippen molar-refractivity contribution in [3.05, 3.63) is 19.1 Å². The zero-order chi connectivity index (χ0) is 36.5. The van der Waals surface area contributed by atoms with Crippen LogP contribution in [0.2, 0.25) is 0 Å². The summed E-state index contributed by atoms with van der Waals surface area (Å²) in [4.78, 5) is 28.6. The first kappa shape index (κ1) is 44.7. The predicted molar refractivity (Wildman–Crippen MR) is 204 cm³/mol. The van der Waals surface area contributed by atoms with Crippen LogP contribution in [0, 0.1) is 45.8 Å². The number of unbranched alkanes of at least 4 members (excludes halogenated alkanes) is 4. The second-order valence-corrected chi connectivity index (χ2v) is 19.2. The smallest absolute Gasteiger partial charge is 0.312 e. The third kappa shape index (κ3) is 12.7. The third-order valence-corrected chi connectivity index (χ3v) is 13.3. The largest absolute Gasteiger partial charge is 0.465 e. The van der Waals surface area contributed by atoms with Crippen LogP contribution in [-0.4, -0.2) is 61.4 Å². The van der Waals surface area contributed by atoms with E-state index in [1.165, 1.54) is 77.0 Å². The molecule has 294 valence electrons. The van der Waals surface area contributed by atoms with Crippen LogP contribution in [0.15, 0.2) is 12.2 Å². The van der Waals surface area contributed by atoms with Crippen LogP contribution in [0.5, 0.6) is 0 Å². The second-order valence-electron chi connectivity index (χ2n) is 19.2. The van der Waals surface area contributed by atoms with E-state index in [1.54, 1.807) is 0 Å². The molecule has 6 nitrogen and oxygen atoms in total. The minimum absolute atomic E-state index is 0. The number of hydrogen-bond donors (Lipinski definition) is 1. The molecular weight excluding hydrogens is 806 g/mol. The Labute approximate surface area is 327 Å². The van der Waals surface area contributed by atoms with E-state index in [0.29, 0.717) is 37.6 Å². The Morgan fingerprint density at radius 3 is 1.82 bits per heavy atom. The van der Waals surface area contributed by atoms with E-state index in [9.17, 15) is 9.59 Å². The Morgan fingerprint density at radius 1 is 0.863 bits per heavy atom. The molecule has 0 spiro atoms. The first-order valence-electron chi connectivity index (χ1n) is 20.9. The Bertz CT molecular complexity index is 1090. The van der Waals surface area contributed by atoms with Gasteiger partial charge in [0.1, 0.15) is 0 Å². The Kier molecular flexibility index (Phi) is 17.3. The number of ether oxygens (including phenoxy) is 2. The van der Waals surface area contributed by atoms with Gasteiger partial charge < -0.3 is 26.4 Å². The molecule has 2 heterocycles. The number of esters is 2. The predicted octanol–water partition coefficient (Wildman–Crippen LogP) is 10.3. The molecule has 4 saturated carbocycles. The molecule has 0 aromatic heterocycles. The number of allylic oxidation sites excluding steroid dienone is 1. The van der Waals surface area contributed by atoms with E-state index < -0.39 is 0 Å². The number of piperidine rings is 2. The zero-order valence-electron chi connectivity index (χ0n) is 33.6. The van der Waals surface area contributed by atoms with Crippen molar-refractivity contribution >= 4 is 11.9 Å². The average molecular weight is 883 g/mol. The normalized spacial score (nSPS) is 33.4. The summed E-state index contributed by atoms with van der Waals surface area (Å²) in [6, 6.07) is 0. The number of nitrogens with zero attached hydrogens (tertiary/aromatic N) is 1. The number of carbonyl (C=O) groups excluding carboxylic acids is 2.